The van der Waals surface area contributed by atoms with E-state index in [4.69, 9.17) is 0 Å². The number of amides is 2. The van der Waals surface area contributed by atoms with E-state index in [9.17, 15) is 9.59 Å². The minimum absolute atomic E-state index is 0.0762. The van der Waals surface area contributed by atoms with Crippen LogP contribution in [0.3, 0.4) is 0 Å². The summed E-state index contributed by atoms with van der Waals surface area (Å²) >= 11 is 0. The predicted octanol–water partition coefficient (Wildman–Crippen LogP) is 4.74. The number of rotatable bonds is 6. The van der Waals surface area contributed by atoms with E-state index < -0.39 is 0 Å². The van der Waals surface area contributed by atoms with Crippen molar-refractivity contribution in [2.45, 2.75) is 33.1 Å². The SMILES string of the molecule is CC(=O)N(CCC(=O)Nc1cccc2cccnc12)c1ccccc1C(C)C. The summed E-state index contributed by atoms with van der Waals surface area (Å²) in [6.45, 7) is 6.04. The maximum atomic E-state index is 12.6. The molecule has 0 fully saturated rings. The molecule has 144 valence electrons. The third-order valence-electron chi connectivity index (χ3n) is 4.70. The molecule has 3 rings (SSSR count). The van der Waals surface area contributed by atoms with Crippen LogP contribution in [0.15, 0.2) is 60.8 Å². The number of anilines is 2. The lowest BCUT2D eigenvalue weighted by Crippen LogP contribution is -2.32. The fourth-order valence-electron chi connectivity index (χ4n) is 3.30. The number of nitrogens with one attached hydrogen (secondary N) is 1. The number of para-hydroxylation sites is 2. The maximum Gasteiger partial charge on any atom is 0.226 e. The van der Waals surface area contributed by atoms with Crippen LogP contribution in [-0.4, -0.2) is 23.3 Å². The largest absolute Gasteiger partial charge is 0.324 e. The van der Waals surface area contributed by atoms with Gasteiger partial charge in [-0.1, -0.05) is 50.2 Å². The molecule has 0 unspecified atom stereocenters. The fourth-order valence-corrected chi connectivity index (χ4v) is 3.30. The average Bonchev–Trinajstić information content (AvgIpc) is 2.68. The molecule has 3 aromatic rings. The molecular weight excluding hydrogens is 350 g/mol. The van der Waals surface area contributed by atoms with Crippen LogP contribution in [0.1, 0.15) is 38.7 Å². The first kappa shape index (κ1) is 19.5. The van der Waals surface area contributed by atoms with Crippen molar-refractivity contribution in [2.75, 3.05) is 16.8 Å². The highest BCUT2D eigenvalue weighted by Crippen LogP contribution is 2.28. The number of carbonyl (C=O) groups is 2. The Bertz CT molecular complexity index is 993. The first-order valence-corrected chi connectivity index (χ1v) is 9.48. The summed E-state index contributed by atoms with van der Waals surface area (Å²) in [6.07, 6.45) is 1.91. The zero-order valence-electron chi connectivity index (χ0n) is 16.5. The maximum absolute atomic E-state index is 12.6. The van der Waals surface area contributed by atoms with Crippen LogP contribution in [0, 0.1) is 0 Å². The minimum Gasteiger partial charge on any atom is -0.324 e. The van der Waals surface area contributed by atoms with Crippen molar-refractivity contribution in [3.8, 4) is 0 Å². The van der Waals surface area contributed by atoms with Gasteiger partial charge in [0.25, 0.3) is 0 Å². The Labute approximate surface area is 165 Å². The highest BCUT2D eigenvalue weighted by atomic mass is 16.2. The van der Waals surface area contributed by atoms with Crippen LogP contribution in [0.25, 0.3) is 10.9 Å². The van der Waals surface area contributed by atoms with E-state index in [1.165, 1.54) is 6.92 Å². The number of hydrogen-bond donors (Lipinski definition) is 1. The predicted molar refractivity (Wildman–Crippen MR) is 114 cm³/mol. The van der Waals surface area contributed by atoms with E-state index in [1.54, 1.807) is 11.1 Å². The number of nitrogens with zero attached hydrogens (tertiary/aromatic N) is 2. The first-order chi connectivity index (χ1) is 13.5. The molecule has 5 heteroatoms. The van der Waals surface area contributed by atoms with Gasteiger partial charge >= 0.3 is 0 Å². The summed E-state index contributed by atoms with van der Waals surface area (Å²) in [7, 11) is 0. The van der Waals surface area contributed by atoms with Gasteiger partial charge in [0.2, 0.25) is 11.8 Å². The molecular formula is C23H25N3O2. The number of fused-ring (bicyclic) bond motifs is 1. The molecule has 0 saturated carbocycles. The van der Waals surface area contributed by atoms with Gasteiger partial charge in [0.1, 0.15) is 0 Å². The van der Waals surface area contributed by atoms with E-state index in [0.29, 0.717) is 12.2 Å². The number of benzene rings is 2. The van der Waals surface area contributed by atoms with Gasteiger partial charge in [-0.15, -0.1) is 0 Å². The van der Waals surface area contributed by atoms with Gasteiger partial charge in [0, 0.05) is 37.2 Å². The Morgan fingerprint density at radius 3 is 2.54 bits per heavy atom. The molecule has 1 heterocycles. The van der Waals surface area contributed by atoms with Gasteiger partial charge in [-0.3, -0.25) is 14.6 Å². The van der Waals surface area contributed by atoms with E-state index in [-0.39, 0.29) is 24.2 Å². The normalized spacial score (nSPS) is 10.9. The Hall–Kier alpha value is -3.21. The zero-order chi connectivity index (χ0) is 20.1. The van der Waals surface area contributed by atoms with E-state index in [0.717, 1.165) is 22.2 Å². The Morgan fingerprint density at radius 2 is 1.79 bits per heavy atom. The van der Waals surface area contributed by atoms with Gasteiger partial charge in [-0.25, -0.2) is 0 Å². The summed E-state index contributed by atoms with van der Waals surface area (Å²) in [6, 6.07) is 17.4. The lowest BCUT2D eigenvalue weighted by Gasteiger charge is -2.25. The quantitative estimate of drug-likeness (QED) is 0.677. The molecule has 2 aromatic carbocycles. The van der Waals surface area contributed by atoms with Crippen molar-refractivity contribution in [3.63, 3.8) is 0 Å². The van der Waals surface area contributed by atoms with Gasteiger partial charge < -0.3 is 10.2 Å². The molecule has 0 aliphatic carbocycles. The van der Waals surface area contributed by atoms with Crippen molar-refractivity contribution in [1.29, 1.82) is 0 Å². The van der Waals surface area contributed by atoms with Crippen molar-refractivity contribution in [1.82, 2.24) is 4.98 Å². The number of pyridine rings is 1. The molecule has 2 amide bonds. The lowest BCUT2D eigenvalue weighted by molar-refractivity contribution is -0.117. The second-order valence-electron chi connectivity index (χ2n) is 7.06. The molecule has 0 spiro atoms. The summed E-state index contributed by atoms with van der Waals surface area (Å²) in [5.41, 5.74) is 3.40. The van der Waals surface area contributed by atoms with Crippen LogP contribution in [0.5, 0.6) is 0 Å². The lowest BCUT2D eigenvalue weighted by atomic mass is 10.0. The number of aromatic nitrogens is 1. The molecule has 0 bridgehead atoms. The van der Waals surface area contributed by atoms with Gasteiger partial charge in [-0.05, 0) is 29.7 Å². The van der Waals surface area contributed by atoms with E-state index in [1.807, 2.05) is 54.6 Å². The summed E-state index contributed by atoms with van der Waals surface area (Å²) in [4.78, 5) is 30.8. The smallest absolute Gasteiger partial charge is 0.226 e. The van der Waals surface area contributed by atoms with E-state index >= 15 is 0 Å². The molecule has 28 heavy (non-hydrogen) atoms. The third-order valence-corrected chi connectivity index (χ3v) is 4.70. The molecule has 0 aliphatic rings. The molecule has 0 saturated heterocycles. The topological polar surface area (TPSA) is 62.3 Å². The third kappa shape index (κ3) is 4.36. The first-order valence-electron chi connectivity index (χ1n) is 9.48. The number of hydrogen-bond acceptors (Lipinski definition) is 3. The standard InChI is InChI=1S/C23H25N3O2/c1-16(2)19-10-4-5-12-21(19)26(17(3)27)15-13-22(28)25-20-11-6-8-18-9-7-14-24-23(18)20/h4-12,14,16H,13,15H2,1-3H3,(H,25,28). The monoisotopic (exact) mass is 375 g/mol. The van der Waals surface area contributed by atoms with Gasteiger partial charge in [-0.2, -0.15) is 0 Å². The van der Waals surface area contributed by atoms with Crippen molar-refractivity contribution in [3.05, 3.63) is 66.4 Å². The van der Waals surface area contributed by atoms with Crippen molar-refractivity contribution >= 4 is 34.1 Å². The van der Waals surface area contributed by atoms with Crippen molar-refractivity contribution in [2.24, 2.45) is 0 Å². The summed E-state index contributed by atoms with van der Waals surface area (Å²) in [5.74, 6) is 0.0628. The molecule has 5 nitrogen and oxygen atoms in total. The minimum atomic E-state index is -0.147. The van der Waals surface area contributed by atoms with Crippen LogP contribution >= 0.6 is 0 Å². The Kier molecular flexibility index (Phi) is 6.04. The second kappa shape index (κ2) is 8.65. The molecule has 1 aromatic heterocycles. The van der Waals surface area contributed by atoms with Crippen LogP contribution < -0.4 is 10.2 Å². The summed E-state index contributed by atoms with van der Waals surface area (Å²) < 4.78 is 0. The Morgan fingerprint density at radius 1 is 1.04 bits per heavy atom. The number of carbonyl (C=O) groups excluding carboxylic acids is 2. The highest BCUT2D eigenvalue weighted by molar-refractivity contribution is 6.01. The average molecular weight is 375 g/mol. The molecule has 0 atom stereocenters. The van der Waals surface area contributed by atoms with E-state index in [2.05, 4.69) is 24.1 Å². The zero-order valence-corrected chi connectivity index (χ0v) is 16.5. The fraction of sp³-hybridized carbons (Fsp3) is 0.261. The van der Waals surface area contributed by atoms with Crippen molar-refractivity contribution < 1.29 is 9.59 Å². The summed E-state index contributed by atoms with van der Waals surface area (Å²) in [5, 5.41) is 3.90. The van der Waals surface area contributed by atoms with Crippen LogP contribution in [-0.2, 0) is 9.59 Å². The van der Waals surface area contributed by atoms with Crippen LogP contribution in [0.4, 0.5) is 11.4 Å². The Balaban J connectivity index is 1.74. The second-order valence-corrected chi connectivity index (χ2v) is 7.06. The highest BCUT2D eigenvalue weighted by Gasteiger charge is 2.18. The molecule has 0 radical (unpaired) electrons. The molecule has 0 aliphatic heterocycles. The molecule has 1 N–H and O–H groups in total. The van der Waals surface area contributed by atoms with Gasteiger partial charge in [0.05, 0.1) is 11.2 Å². The van der Waals surface area contributed by atoms with Gasteiger partial charge in [0.15, 0.2) is 0 Å². The van der Waals surface area contributed by atoms with Crippen LogP contribution in [0.2, 0.25) is 0 Å².